The number of fused-ring (bicyclic) bond motifs is 1. The third-order valence-electron chi connectivity index (χ3n) is 5.33. The van der Waals surface area contributed by atoms with Crippen molar-refractivity contribution in [2.75, 3.05) is 0 Å². The molecule has 0 aliphatic rings. The molecule has 9 heteroatoms. The number of imidazole rings is 1. The van der Waals surface area contributed by atoms with Crippen molar-refractivity contribution < 1.29 is 4.74 Å². The van der Waals surface area contributed by atoms with Crippen LogP contribution < -0.4 is 16.0 Å². The van der Waals surface area contributed by atoms with Gasteiger partial charge in [0.15, 0.2) is 11.2 Å². The Morgan fingerprint density at radius 2 is 1.68 bits per heavy atom. The average Bonchev–Trinajstić information content (AvgIpc) is 3.05. The third-order valence-corrected chi connectivity index (χ3v) is 6.07. The van der Waals surface area contributed by atoms with E-state index >= 15 is 0 Å². The molecule has 0 radical (unpaired) electrons. The first-order valence-corrected chi connectivity index (χ1v) is 10.3. The Labute approximate surface area is 188 Å². The maximum Gasteiger partial charge on any atom is 0.332 e. The molecule has 160 valence electrons. The maximum absolute atomic E-state index is 13.2. The molecular formula is C22H20Cl2N4O3. The van der Waals surface area contributed by atoms with E-state index in [0.29, 0.717) is 21.4 Å². The monoisotopic (exact) mass is 458 g/mol. The number of rotatable bonds is 4. The predicted molar refractivity (Wildman–Crippen MR) is 122 cm³/mol. The van der Waals surface area contributed by atoms with Crippen molar-refractivity contribution in [2.45, 2.75) is 20.4 Å². The normalized spacial score (nSPS) is 11.3. The first kappa shape index (κ1) is 21.2. The molecule has 2 aromatic carbocycles. The molecule has 2 aromatic heterocycles. The number of ether oxygens (including phenoxy) is 1. The molecule has 4 aromatic rings. The van der Waals surface area contributed by atoms with Gasteiger partial charge >= 0.3 is 11.7 Å². The second-order valence-electron chi connectivity index (χ2n) is 7.46. The van der Waals surface area contributed by atoms with Crippen LogP contribution >= 0.6 is 23.2 Å². The van der Waals surface area contributed by atoms with Crippen molar-refractivity contribution in [3.8, 4) is 11.8 Å². The minimum atomic E-state index is -0.487. The van der Waals surface area contributed by atoms with E-state index < -0.39 is 11.2 Å². The number of hydrogen-bond acceptors (Lipinski definition) is 4. The van der Waals surface area contributed by atoms with Crippen molar-refractivity contribution in [2.24, 2.45) is 14.1 Å². The van der Waals surface area contributed by atoms with Crippen LogP contribution in [0.1, 0.15) is 16.7 Å². The summed E-state index contributed by atoms with van der Waals surface area (Å²) in [6.45, 7) is 4.06. The molecule has 0 saturated carbocycles. The smallest absolute Gasteiger partial charge is 0.332 e. The molecule has 0 aliphatic carbocycles. The summed E-state index contributed by atoms with van der Waals surface area (Å²) in [4.78, 5) is 30.5. The molecule has 0 unspecified atom stereocenters. The summed E-state index contributed by atoms with van der Waals surface area (Å²) in [7, 11) is 3.25. The molecular weight excluding hydrogens is 439 g/mol. The summed E-state index contributed by atoms with van der Waals surface area (Å²) in [5, 5.41) is 0.760. The number of aryl methyl sites for hydroxylation is 4. The zero-order valence-corrected chi connectivity index (χ0v) is 19.0. The lowest BCUT2D eigenvalue weighted by atomic mass is 10.1. The largest absolute Gasteiger partial charge is 0.425 e. The lowest BCUT2D eigenvalue weighted by Crippen LogP contribution is -2.39. The predicted octanol–water partition coefficient (Wildman–Crippen LogP) is 4.20. The van der Waals surface area contributed by atoms with Gasteiger partial charge in [0.2, 0.25) is 0 Å². The second kappa shape index (κ2) is 7.90. The topological polar surface area (TPSA) is 71.1 Å². The highest BCUT2D eigenvalue weighted by Gasteiger charge is 2.20. The Morgan fingerprint density at radius 3 is 2.35 bits per heavy atom. The van der Waals surface area contributed by atoms with E-state index in [-0.39, 0.29) is 23.7 Å². The molecule has 0 amide bonds. The van der Waals surface area contributed by atoms with Gasteiger partial charge in [-0.05, 0) is 54.8 Å². The summed E-state index contributed by atoms with van der Waals surface area (Å²) in [6, 6.07) is 10.9. The van der Waals surface area contributed by atoms with E-state index in [9.17, 15) is 9.59 Å². The van der Waals surface area contributed by atoms with Gasteiger partial charge in [0, 0.05) is 14.1 Å². The fourth-order valence-electron chi connectivity index (χ4n) is 3.36. The highest BCUT2D eigenvalue weighted by molar-refractivity contribution is 6.42. The van der Waals surface area contributed by atoms with Crippen LogP contribution in [0.2, 0.25) is 10.0 Å². The van der Waals surface area contributed by atoms with E-state index in [1.165, 1.54) is 4.57 Å². The standard InChI is InChI=1S/C22H20Cl2N4O3/c1-12-5-7-15(9-13(12)2)31-21-25-19-18(26(21)3)20(29)28(22(30)27(19)4)11-14-6-8-16(23)17(24)10-14/h5-10H,11H2,1-4H3. The van der Waals surface area contributed by atoms with Crippen molar-refractivity contribution in [1.82, 2.24) is 18.7 Å². The van der Waals surface area contributed by atoms with Gasteiger partial charge in [0.05, 0.1) is 16.6 Å². The first-order valence-electron chi connectivity index (χ1n) is 9.52. The first-order chi connectivity index (χ1) is 14.7. The Balaban J connectivity index is 1.82. The summed E-state index contributed by atoms with van der Waals surface area (Å²) in [5.41, 5.74) is 2.47. The van der Waals surface area contributed by atoms with Crippen LogP contribution in [0.5, 0.6) is 11.8 Å². The summed E-state index contributed by atoms with van der Waals surface area (Å²) < 4.78 is 9.95. The number of benzene rings is 2. The van der Waals surface area contributed by atoms with E-state index in [4.69, 9.17) is 27.9 Å². The van der Waals surface area contributed by atoms with Crippen LogP contribution in [0.4, 0.5) is 0 Å². The molecule has 4 rings (SSSR count). The van der Waals surface area contributed by atoms with Crippen LogP contribution in [0.25, 0.3) is 11.2 Å². The molecule has 31 heavy (non-hydrogen) atoms. The highest BCUT2D eigenvalue weighted by atomic mass is 35.5. The quantitative estimate of drug-likeness (QED) is 0.459. The highest BCUT2D eigenvalue weighted by Crippen LogP contribution is 2.25. The lowest BCUT2D eigenvalue weighted by molar-refractivity contribution is 0.427. The van der Waals surface area contributed by atoms with Crippen LogP contribution in [0.3, 0.4) is 0 Å². The zero-order valence-electron chi connectivity index (χ0n) is 17.4. The Hall–Kier alpha value is -3.03. The van der Waals surface area contributed by atoms with E-state index in [2.05, 4.69) is 4.98 Å². The fourth-order valence-corrected chi connectivity index (χ4v) is 3.68. The minimum Gasteiger partial charge on any atom is -0.425 e. The molecule has 0 bridgehead atoms. The second-order valence-corrected chi connectivity index (χ2v) is 8.27. The molecule has 7 nitrogen and oxygen atoms in total. The Morgan fingerprint density at radius 1 is 0.935 bits per heavy atom. The number of halogens is 2. The Bertz CT molecular complexity index is 1450. The van der Waals surface area contributed by atoms with Gasteiger partial charge in [0.25, 0.3) is 5.56 Å². The fraction of sp³-hybridized carbons (Fsp3) is 0.227. The van der Waals surface area contributed by atoms with E-state index in [1.54, 1.807) is 36.9 Å². The molecule has 0 spiro atoms. The zero-order chi connectivity index (χ0) is 22.4. The summed E-state index contributed by atoms with van der Waals surface area (Å²) in [6.07, 6.45) is 0. The van der Waals surface area contributed by atoms with Crippen LogP contribution in [0, 0.1) is 13.8 Å². The van der Waals surface area contributed by atoms with Crippen molar-refractivity contribution >= 4 is 34.4 Å². The van der Waals surface area contributed by atoms with Gasteiger partial charge in [-0.25, -0.2) is 4.79 Å². The molecule has 0 N–H and O–H groups in total. The van der Waals surface area contributed by atoms with Gasteiger partial charge in [-0.1, -0.05) is 35.3 Å². The minimum absolute atomic E-state index is 0.0524. The number of aromatic nitrogens is 4. The van der Waals surface area contributed by atoms with Gasteiger partial charge in [-0.3, -0.25) is 18.5 Å². The number of nitrogens with zero attached hydrogens (tertiary/aromatic N) is 4. The molecule has 0 fully saturated rings. The molecule has 0 atom stereocenters. The maximum atomic E-state index is 13.2. The van der Waals surface area contributed by atoms with Crippen molar-refractivity contribution in [1.29, 1.82) is 0 Å². The Kier molecular flexibility index (Phi) is 5.41. The average molecular weight is 459 g/mol. The van der Waals surface area contributed by atoms with Crippen LogP contribution in [-0.4, -0.2) is 18.7 Å². The van der Waals surface area contributed by atoms with Crippen molar-refractivity contribution in [3.05, 3.63) is 84.0 Å². The summed E-state index contributed by atoms with van der Waals surface area (Å²) >= 11 is 12.0. The molecule has 0 aliphatic heterocycles. The molecule has 2 heterocycles. The van der Waals surface area contributed by atoms with Crippen LogP contribution in [0.15, 0.2) is 46.0 Å². The molecule has 0 saturated heterocycles. The number of hydrogen-bond donors (Lipinski definition) is 0. The SMILES string of the molecule is Cc1ccc(Oc2nc3c(c(=O)n(Cc4ccc(Cl)c(Cl)c4)c(=O)n3C)n2C)cc1C. The third kappa shape index (κ3) is 3.75. The van der Waals surface area contributed by atoms with Gasteiger partial charge < -0.3 is 4.74 Å². The van der Waals surface area contributed by atoms with E-state index in [1.807, 2.05) is 32.0 Å². The van der Waals surface area contributed by atoms with E-state index in [0.717, 1.165) is 15.7 Å². The van der Waals surface area contributed by atoms with Gasteiger partial charge in [-0.2, -0.15) is 4.98 Å². The lowest BCUT2D eigenvalue weighted by Gasteiger charge is -2.09. The van der Waals surface area contributed by atoms with Crippen LogP contribution in [-0.2, 0) is 20.6 Å². The van der Waals surface area contributed by atoms with Gasteiger partial charge in [0.1, 0.15) is 5.75 Å². The summed E-state index contributed by atoms with van der Waals surface area (Å²) in [5.74, 6) is 0.600. The van der Waals surface area contributed by atoms with Crippen molar-refractivity contribution in [3.63, 3.8) is 0 Å². The van der Waals surface area contributed by atoms with Gasteiger partial charge in [-0.15, -0.1) is 0 Å².